The molecule has 0 saturated carbocycles. The molecule has 4 aromatic carbocycles. The molecule has 0 fully saturated rings. The zero-order valence-electron chi connectivity index (χ0n) is 16.7. The van der Waals surface area contributed by atoms with Crippen LogP contribution in [0.4, 0.5) is 0 Å². The summed E-state index contributed by atoms with van der Waals surface area (Å²) in [7, 11) is 0. The van der Waals surface area contributed by atoms with Crippen LogP contribution in [0.25, 0.3) is 16.3 Å². The molecular formula is C28H24O. The number of rotatable bonds is 5. The molecule has 0 spiro atoms. The molecular weight excluding hydrogens is 352 g/mol. The van der Waals surface area contributed by atoms with Gasteiger partial charge in [0.2, 0.25) is 0 Å². The Morgan fingerprint density at radius 1 is 0.759 bits per heavy atom. The van der Waals surface area contributed by atoms with E-state index in [2.05, 4.69) is 91.9 Å². The van der Waals surface area contributed by atoms with Gasteiger partial charge in [0.25, 0.3) is 0 Å². The number of hydrogen-bond acceptors (Lipinski definition) is 1. The topological polar surface area (TPSA) is 9.23 Å². The van der Waals surface area contributed by atoms with Crippen LogP contribution in [0, 0.1) is 0 Å². The van der Waals surface area contributed by atoms with Gasteiger partial charge in [0.1, 0.15) is 12.4 Å². The van der Waals surface area contributed by atoms with Gasteiger partial charge in [-0.3, -0.25) is 0 Å². The second-order valence-electron chi connectivity index (χ2n) is 7.60. The summed E-state index contributed by atoms with van der Waals surface area (Å²) in [5.74, 6) is 0.963. The fourth-order valence-electron chi connectivity index (χ4n) is 4.41. The maximum atomic E-state index is 6.42. The predicted molar refractivity (Wildman–Crippen MR) is 121 cm³/mol. The van der Waals surface area contributed by atoms with Crippen LogP contribution < -0.4 is 4.74 Å². The summed E-state index contributed by atoms with van der Waals surface area (Å²) in [6, 6.07) is 32.2. The molecule has 0 atom stereocenters. The number of allylic oxidation sites excluding steroid dienone is 1. The third-order valence-corrected chi connectivity index (χ3v) is 5.85. The molecule has 0 amide bonds. The third kappa shape index (κ3) is 3.23. The average molecular weight is 376 g/mol. The molecule has 1 aliphatic carbocycles. The summed E-state index contributed by atoms with van der Waals surface area (Å²) in [6.07, 6.45) is 2.08. The Hall–Kier alpha value is -3.32. The van der Waals surface area contributed by atoms with E-state index in [4.69, 9.17) is 4.74 Å². The van der Waals surface area contributed by atoms with Crippen LogP contribution in [0.15, 0.2) is 96.6 Å². The van der Waals surface area contributed by atoms with E-state index in [1.807, 2.05) is 6.07 Å². The lowest BCUT2D eigenvalue weighted by atomic mass is 9.91. The van der Waals surface area contributed by atoms with Crippen LogP contribution >= 0.6 is 0 Å². The van der Waals surface area contributed by atoms with E-state index in [1.54, 1.807) is 0 Å². The Morgan fingerprint density at radius 3 is 2.38 bits per heavy atom. The molecule has 0 N–H and O–H groups in total. The summed E-state index contributed by atoms with van der Waals surface area (Å²) >= 11 is 0. The zero-order chi connectivity index (χ0) is 19.6. The molecule has 0 bridgehead atoms. The first kappa shape index (κ1) is 17.8. The van der Waals surface area contributed by atoms with Gasteiger partial charge in [-0.05, 0) is 51.9 Å². The lowest BCUT2D eigenvalue weighted by Gasteiger charge is -2.18. The van der Waals surface area contributed by atoms with Gasteiger partial charge in [0.15, 0.2) is 0 Å². The van der Waals surface area contributed by atoms with Crippen LogP contribution in [0.1, 0.15) is 35.6 Å². The van der Waals surface area contributed by atoms with Crippen LogP contribution in [-0.4, -0.2) is 0 Å². The van der Waals surface area contributed by atoms with Crippen LogP contribution in [0.5, 0.6) is 5.75 Å². The van der Waals surface area contributed by atoms with Crippen LogP contribution in [-0.2, 0) is 13.0 Å². The highest BCUT2D eigenvalue weighted by atomic mass is 16.5. The van der Waals surface area contributed by atoms with Gasteiger partial charge in [0, 0.05) is 5.56 Å². The molecule has 0 radical (unpaired) electrons. The van der Waals surface area contributed by atoms with Crippen LogP contribution in [0.3, 0.4) is 0 Å². The van der Waals surface area contributed by atoms with Crippen molar-refractivity contribution in [3.8, 4) is 5.75 Å². The Labute approximate surface area is 172 Å². The van der Waals surface area contributed by atoms with Crippen molar-refractivity contribution in [3.63, 3.8) is 0 Å². The van der Waals surface area contributed by atoms with Crippen molar-refractivity contribution in [2.24, 2.45) is 0 Å². The molecule has 0 saturated heterocycles. The molecule has 0 aromatic heterocycles. The van der Waals surface area contributed by atoms with E-state index in [0.717, 1.165) is 18.6 Å². The maximum absolute atomic E-state index is 6.42. The van der Waals surface area contributed by atoms with E-state index < -0.39 is 0 Å². The minimum atomic E-state index is 0.572. The van der Waals surface area contributed by atoms with Gasteiger partial charge in [0.05, 0.1) is 0 Å². The van der Waals surface area contributed by atoms with Gasteiger partial charge < -0.3 is 4.74 Å². The molecule has 4 aromatic rings. The third-order valence-electron chi connectivity index (χ3n) is 5.85. The number of ether oxygens (including phenoxy) is 1. The fraction of sp³-hybridized carbons (Fsp3) is 0.143. The predicted octanol–water partition coefficient (Wildman–Crippen LogP) is 7.19. The van der Waals surface area contributed by atoms with Gasteiger partial charge in [-0.1, -0.05) is 97.4 Å². The lowest BCUT2D eigenvalue weighted by Crippen LogP contribution is -2.00. The standard InChI is InChI=1S/C28H24O/c1-2-21-18-23-13-7-9-15-25(23)27(21)28-24-14-8-6-12-22(24)16-17-26(28)29-19-20-10-4-3-5-11-20/h3-17H,2,18-19H2,1H3. The first-order valence-electron chi connectivity index (χ1n) is 10.3. The quantitative estimate of drug-likeness (QED) is 0.358. The van der Waals surface area contributed by atoms with E-state index in [0.29, 0.717) is 6.61 Å². The summed E-state index contributed by atoms with van der Waals surface area (Å²) in [6.45, 7) is 2.83. The molecule has 142 valence electrons. The molecule has 0 heterocycles. The summed E-state index contributed by atoms with van der Waals surface area (Å²) in [5.41, 5.74) is 8.05. The Kier molecular flexibility index (Phi) is 4.65. The lowest BCUT2D eigenvalue weighted by molar-refractivity contribution is 0.306. The molecule has 29 heavy (non-hydrogen) atoms. The number of benzene rings is 4. The second-order valence-corrected chi connectivity index (χ2v) is 7.60. The first-order chi connectivity index (χ1) is 14.3. The van der Waals surface area contributed by atoms with Crippen molar-refractivity contribution in [3.05, 3.63) is 119 Å². The minimum Gasteiger partial charge on any atom is -0.488 e. The monoisotopic (exact) mass is 376 g/mol. The second kappa shape index (κ2) is 7.60. The van der Waals surface area contributed by atoms with E-state index in [-0.39, 0.29) is 0 Å². The van der Waals surface area contributed by atoms with Crippen molar-refractivity contribution >= 4 is 16.3 Å². The molecule has 1 nitrogen and oxygen atoms in total. The SMILES string of the molecule is CCC1=C(c2c(OCc3ccccc3)ccc3ccccc23)c2ccccc2C1. The van der Waals surface area contributed by atoms with E-state index in [1.165, 1.54) is 44.2 Å². The molecule has 0 unspecified atom stereocenters. The highest BCUT2D eigenvalue weighted by Gasteiger charge is 2.25. The van der Waals surface area contributed by atoms with Gasteiger partial charge >= 0.3 is 0 Å². The van der Waals surface area contributed by atoms with E-state index >= 15 is 0 Å². The number of hydrogen-bond donors (Lipinski definition) is 0. The van der Waals surface area contributed by atoms with Crippen LogP contribution in [0.2, 0.25) is 0 Å². The Bertz CT molecular complexity index is 1200. The molecule has 0 aliphatic heterocycles. The van der Waals surface area contributed by atoms with Gasteiger partial charge in [-0.25, -0.2) is 0 Å². The highest BCUT2D eigenvalue weighted by molar-refractivity contribution is 6.02. The van der Waals surface area contributed by atoms with Crippen molar-refractivity contribution in [1.82, 2.24) is 0 Å². The Balaban J connectivity index is 1.69. The number of fused-ring (bicyclic) bond motifs is 2. The maximum Gasteiger partial charge on any atom is 0.128 e. The summed E-state index contributed by atoms with van der Waals surface area (Å²) < 4.78 is 6.42. The summed E-state index contributed by atoms with van der Waals surface area (Å²) in [5, 5.41) is 2.51. The Morgan fingerprint density at radius 2 is 1.52 bits per heavy atom. The van der Waals surface area contributed by atoms with Gasteiger partial charge in [-0.2, -0.15) is 0 Å². The molecule has 1 heteroatoms. The zero-order valence-corrected chi connectivity index (χ0v) is 16.7. The molecule has 5 rings (SSSR count). The first-order valence-corrected chi connectivity index (χ1v) is 10.3. The van der Waals surface area contributed by atoms with Crippen molar-refractivity contribution in [2.75, 3.05) is 0 Å². The highest BCUT2D eigenvalue weighted by Crippen LogP contribution is 2.45. The average Bonchev–Trinajstić information content (AvgIpc) is 3.16. The normalized spacial score (nSPS) is 13.0. The van der Waals surface area contributed by atoms with Crippen molar-refractivity contribution in [1.29, 1.82) is 0 Å². The fourth-order valence-corrected chi connectivity index (χ4v) is 4.41. The summed E-state index contributed by atoms with van der Waals surface area (Å²) in [4.78, 5) is 0. The van der Waals surface area contributed by atoms with E-state index in [9.17, 15) is 0 Å². The minimum absolute atomic E-state index is 0.572. The largest absolute Gasteiger partial charge is 0.488 e. The smallest absolute Gasteiger partial charge is 0.128 e. The van der Waals surface area contributed by atoms with Crippen molar-refractivity contribution in [2.45, 2.75) is 26.4 Å². The van der Waals surface area contributed by atoms with Gasteiger partial charge in [-0.15, -0.1) is 0 Å². The molecule has 1 aliphatic rings. The van der Waals surface area contributed by atoms with Crippen molar-refractivity contribution < 1.29 is 4.74 Å².